The van der Waals surface area contributed by atoms with E-state index in [1.807, 2.05) is 30.5 Å². The molecule has 23 heavy (non-hydrogen) atoms. The van der Waals surface area contributed by atoms with Gasteiger partial charge in [-0.15, -0.1) is 11.3 Å². The third-order valence-corrected chi connectivity index (χ3v) is 5.52. The molecule has 0 bridgehead atoms. The summed E-state index contributed by atoms with van der Waals surface area (Å²) in [5.41, 5.74) is 2.02. The molecule has 1 aliphatic heterocycles. The molecule has 1 aromatic carbocycles. The van der Waals surface area contributed by atoms with Gasteiger partial charge in [0.05, 0.1) is 22.3 Å². The molecule has 2 aromatic rings. The smallest absolute Gasteiger partial charge is 0.240 e. The van der Waals surface area contributed by atoms with Gasteiger partial charge >= 0.3 is 0 Å². The number of aromatic nitrogens is 1. The summed E-state index contributed by atoms with van der Waals surface area (Å²) in [6, 6.07) is 5.90. The van der Waals surface area contributed by atoms with Crippen LogP contribution in [0.3, 0.4) is 0 Å². The van der Waals surface area contributed by atoms with E-state index in [9.17, 15) is 4.79 Å². The Morgan fingerprint density at radius 2 is 2.26 bits per heavy atom. The van der Waals surface area contributed by atoms with Gasteiger partial charge in [0.15, 0.2) is 5.13 Å². The Morgan fingerprint density at radius 3 is 2.96 bits per heavy atom. The molecule has 0 saturated carbocycles. The Labute approximate surface area is 149 Å². The number of rotatable bonds is 4. The van der Waals surface area contributed by atoms with Crippen LogP contribution in [0.15, 0.2) is 23.6 Å². The molecule has 1 amide bonds. The molecule has 1 N–H and O–H groups in total. The van der Waals surface area contributed by atoms with Crippen LogP contribution < -0.4 is 5.32 Å². The molecular weight excluding hydrogens is 353 g/mol. The molecule has 122 valence electrons. The van der Waals surface area contributed by atoms with Crippen LogP contribution >= 0.6 is 34.5 Å². The summed E-state index contributed by atoms with van der Waals surface area (Å²) in [6.07, 6.45) is 2.08. The fourth-order valence-corrected chi connectivity index (χ4v) is 3.88. The van der Waals surface area contributed by atoms with Gasteiger partial charge in [-0.05, 0) is 44.0 Å². The van der Waals surface area contributed by atoms with Gasteiger partial charge in [0.25, 0.3) is 0 Å². The number of hydrogen-bond donors (Lipinski definition) is 1. The van der Waals surface area contributed by atoms with Crippen LogP contribution in [0.5, 0.6) is 0 Å². The van der Waals surface area contributed by atoms with Crippen molar-refractivity contribution in [3.05, 3.63) is 44.9 Å². The van der Waals surface area contributed by atoms with Crippen molar-refractivity contribution in [1.29, 1.82) is 0 Å². The van der Waals surface area contributed by atoms with Gasteiger partial charge in [-0.3, -0.25) is 9.69 Å². The molecule has 1 fully saturated rings. The van der Waals surface area contributed by atoms with Crippen LogP contribution in [0.2, 0.25) is 10.0 Å². The predicted octanol–water partition coefficient (Wildman–Crippen LogP) is 4.53. The first-order valence-electron chi connectivity index (χ1n) is 7.44. The number of carbonyl (C=O) groups is 1. The largest absolute Gasteiger partial charge is 0.301 e. The molecule has 1 atom stereocenters. The maximum atomic E-state index is 12.2. The van der Waals surface area contributed by atoms with Gasteiger partial charge in [-0.2, -0.15) is 0 Å². The summed E-state index contributed by atoms with van der Waals surface area (Å²) in [6.45, 7) is 3.16. The van der Waals surface area contributed by atoms with Gasteiger partial charge < -0.3 is 5.32 Å². The highest BCUT2D eigenvalue weighted by Gasteiger charge is 2.28. The maximum Gasteiger partial charge on any atom is 0.240 e. The number of carbonyl (C=O) groups excluding carboxylic acids is 1. The molecule has 1 aromatic heterocycles. The third kappa shape index (κ3) is 4.04. The number of aryl methyl sites for hydroxylation is 1. The molecule has 1 aliphatic rings. The highest BCUT2D eigenvalue weighted by Crippen LogP contribution is 2.34. The fraction of sp³-hybridized carbons (Fsp3) is 0.375. The average molecular weight is 370 g/mol. The van der Waals surface area contributed by atoms with Crippen LogP contribution in [0.1, 0.15) is 30.1 Å². The molecule has 1 unspecified atom stereocenters. The Morgan fingerprint density at radius 1 is 1.43 bits per heavy atom. The molecule has 3 rings (SSSR count). The van der Waals surface area contributed by atoms with E-state index >= 15 is 0 Å². The number of anilines is 1. The van der Waals surface area contributed by atoms with Crippen molar-refractivity contribution in [2.75, 3.05) is 18.4 Å². The molecule has 0 radical (unpaired) electrons. The molecule has 7 heteroatoms. The van der Waals surface area contributed by atoms with Crippen LogP contribution in [0.25, 0.3) is 0 Å². The summed E-state index contributed by atoms with van der Waals surface area (Å²) in [5, 5.41) is 6.54. The van der Waals surface area contributed by atoms with E-state index in [-0.39, 0.29) is 11.9 Å². The number of halogens is 2. The summed E-state index contributed by atoms with van der Waals surface area (Å²) >= 11 is 13.5. The second-order valence-electron chi connectivity index (χ2n) is 5.64. The Bertz CT molecular complexity index is 719. The SMILES string of the molecule is Cc1csc(NC(=O)CN2CCCC2c2ccc(Cl)c(Cl)c2)n1. The van der Waals surface area contributed by atoms with E-state index in [1.165, 1.54) is 11.3 Å². The van der Waals surface area contributed by atoms with E-state index in [0.717, 1.165) is 30.6 Å². The van der Waals surface area contributed by atoms with Gasteiger partial charge in [0.2, 0.25) is 5.91 Å². The minimum atomic E-state index is -0.0358. The zero-order valence-electron chi connectivity index (χ0n) is 12.7. The predicted molar refractivity (Wildman–Crippen MR) is 95.5 cm³/mol. The lowest BCUT2D eigenvalue weighted by Gasteiger charge is -2.24. The minimum Gasteiger partial charge on any atom is -0.301 e. The molecular formula is C16H17Cl2N3OS. The van der Waals surface area contributed by atoms with Crippen molar-refractivity contribution in [2.45, 2.75) is 25.8 Å². The van der Waals surface area contributed by atoms with Gasteiger partial charge in [-0.25, -0.2) is 4.98 Å². The monoisotopic (exact) mass is 369 g/mol. The van der Waals surface area contributed by atoms with E-state index in [4.69, 9.17) is 23.2 Å². The lowest BCUT2D eigenvalue weighted by molar-refractivity contribution is -0.117. The summed E-state index contributed by atoms with van der Waals surface area (Å²) < 4.78 is 0. The normalized spacial score (nSPS) is 18.3. The Kier molecular flexibility index (Phi) is 5.21. The van der Waals surface area contributed by atoms with Gasteiger partial charge in [-0.1, -0.05) is 29.3 Å². The van der Waals surface area contributed by atoms with Gasteiger partial charge in [0, 0.05) is 11.4 Å². The van der Waals surface area contributed by atoms with E-state index < -0.39 is 0 Å². The first kappa shape index (κ1) is 16.7. The highest BCUT2D eigenvalue weighted by molar-refractivity contribution is 7.13. The Balaban J connectivity index is 1.66. The molecule has 0 aliphatic carbocycles. The minimum absolute atomic E-state index is 0.0358. The molecule has 4 nitrogen and oxygen atoms in total. The topological polar surface area (TPSA) is 45.2 Å². The number of nitrogens with one attached hydrogen (secondary N) is 1. The van der Waals surface area contributed by atoms with E-state index in [2.05, 4.69) is 15.2 Å². The maximum absolute atomic E-state index is 12.2. The first-order valence-corrected chi connectivity index (χ1v) is 9.07. The number of amides is 1. The average Bonchev–Trinajstić information content (AvgIpc) is 3.11. The van der Waals surface area contributed by atoms with Crippen molar-refractivity contribution < 1.29 is 4.79 Å². The first-order chi connectivity index (χ1) is 11.0. The van der Waals surface area contributed by atoms with Crippen LogP contribution in [-0.2, 0) is 4.79 Å². The summed E-state index contributed by atoms with van der Waals surface area (Å²) in [4.78, 5) is 18.7. The number of nitrogens with zero attached hydrogens (tertiary/aromatic N) is 2. The molecule has 0 spiro atoms. The number of likely N-dealkylation sites (tertiary alicyclic amines) is 1. The quantitative estimate of drug-likeness (QED) is 0.860. The lowest BCUT2D eigenvalue weighted by Crippen LogP contribution is -2.32. The van der Waals surface area contributed by atoms with Crippen molar-refractivity contribution in [3.63, 3.8) is 0 Å². The van der Waals surface area contributed by atoms with E-state index in [0.29, 0.717) is 21.7 Å². The number of hydrogen-bond acceptors (Lipinski definition) is 4. The second kappa shape index (κ2) is 7.18. The van der Waals surface area contributed by atoms with Crippen LogP contribution in [-0.4, -0.2) is 28.9 Å². The summed E-state index contributed by atoms with van der Waals surface area (Å²) in [5.74, 6) is -0.0358. The zero-order chi connectivity index (χ0) is 16.4. The number of benzene rings is 1. The molecule has 2 heterocycles. The standard InChI is InChI=1S/C16H17Cl2N3OS/c1-10-9-23-16(19-10)20-15(22)8-21-6-2-3-14(21)11-4-5-12(17)13(18)7-11/h4-5,7,9,14H,2-3,6,8H2,1H3,(H,19,20,22). The Hall–Kier alpha value is -1.14. The molecule has 1 saturated heterocycles. The third-order valence-electron chi connectivity index (χ3n) is 3.90. The van der Waals surface area contributed by atoms with Gasteiger partial charge in [0.1, 0.15) is 0 Å². The fourth-order valence-electron chi connectivity index (χ4n) is 2.87. The van der Waals surface area contributed by atoms with Crippen LogP contribution in [0.4, 0.5) is 5.13 Å². The number of thiazole rings is 1. The zero-order valence-corrected chi connectivity index (χ0v) is 15.0. The highest BCUT2D eigenvalue weighted by atomic mass is 35.5. The van der Waals surface area contributed by atoms with Crippen molar-refractivity contribution in [1.82, 2.24) is 9.88 Å². The summed E-state index contributed by atoms with van der Waals surface area (Å²) in [7, 11) is 0. The van der Waals surface area contributed by atoms with Crippen molar-refractivity contribution in [3.8, 4) is 0 Å². The van der Waals surface area contributed by atoms with Crippen LogP contribution in [0, 0.1) is 6.92 Å². The van der Waals surface area contributed by atoms with Crippen molar-refractivity contribution in [2.24, 2.45) is 0 Å². The van der Waals surface area contributed by atoms with Crippen molar-refractivity contribution >= 4 is 45.6 Å². The second-order valence-corrected chi connectivity index (χ2v) is 7.32. The lowest BCUT2D eigenvalue weighted by atomic mass is 10.0. The van der Waals surface area contributed by atoms with E-state index in [1.54, 1.807) is 0 Å².